The molecule has 2 aromatic heterocycles. The molecule has 1 amide bonds. The van der Waals surface area contributed by atoms with Crippen LogP contribution in [0.5, 0.6) is 0 Å². The highest BCUT2D eigenvalue weighted by Crippen LogP contribution is 2.10. The highest BCUT2D eigenvalue weighted by Gasteiger charge is 2.07. The third-order valence-corrected chi connectivity index (χ3v) is 2.18. The minimum atomic E-state index is -0.633. The SMILES string of the molecule is O=C(Nc1ccc(Cl)cn1)c1ccc(F)nc1. The first-order chi connectivity index (χ1) is 8.15. The largest absolute Gasteiger partial charge is 0.307 e. The number of rotatable bonds is 2. The molecule has 2 rings (SSSR count). The first-order valence-corrected chi connectivity index (χ1v) is 5.07. The van der Waals surface area contributed by atoms with E-state index in [9.17, 15) is 9.18 Å². The van der Waals surface area contributed by atoms with E-state index in [1.165, 1.54) is 12.3 Å². The van der Waals surface area contributed by atoms with Gasteiger partial charge >= 0.3 is 0 Å². The van der Waals surface area contributed by atoms with Gasteiger partial charge < -0.3 is 5.32 Å². The topological polar surface area (TPSA) is 54.9 Å². The van der Waals surface area contributed by atoms with Gasteiger partial charge in [-0.05, 0) is 24.3 Å². The molecule has 0 aliphatic rings. The van der Waals surface area contributed by atoms with Crippen LogP contribution < -0.4 is 5.32 Å². The average molecular weight is 252 g/mol. The van der Waals surface area contributed by atoms with Crippen molar-refractivity contribution in [3.8, 4) is 0 Å². The van der Waals surface area contributed by atoms with Gasteiger partial charge in [-0.2, -0.15) is 4.39 Å². The molecular weight excluding hydrogens is 245 g/mol. The molecule has 0 unspecified atom stereocenters. The summed E-state index contributed by atoms with van der Waals surface area (Å²) in [6.07, 6.45) is 2.57. The molecule has 0 spiro atoms. The van der Waals surface area contributed by atoms with E-state index in [1.807, 2.05) is 0 Å². The molecule has 0 saturated carbocycles. The molecule has 0 saturated heterocycles. The zero-order valence-electron chi connectivity index (χ0n) is 8.52. The van der Waals surface area contributed by atoms with Gasteiger partial charge in [0.2, 0.25) is 5.95 Å². The number of aromatic nitrogens is 2. The van der Waals surface area contributed by atoms with E-state index in [0.29, 0.717) is 10.8 Å². The number of hydrogen-bond acceptors (Lipinski definition) is 3. The zero-order chi connectivity index (χ0) is 12.3. The minimum absolute atomic E-state index is 0.253. The van der Waals surface area contributed by atoms with Crippen molar-refractivity contribution >= 4 is 23.3 Å². The lowest BCUT2D eigenvalue weighted by Crippen LogP contribution is -2.13. The Labute approximate surface area is 101 Å². The molecule has 17 heavy (non-hydrogen) atoms. The van der Waals surface area contributed by atoms with Gasteiger partial charge in [-0.25, -0.2) is 9.97 Å². The Hall–Kier alpha value is -2.01. The lowest BCUT2D eigenvalue weighted by molar-refractivity contribution is 0.102. The van der Waals surface area contributed by atoms with E-state index >= 15 is 0 Å². The van der Waals surface area contributed by atoms with Crippen LogP contribution in [0.15, 0.2) is 36.7 Å². The number of carbonyl (C=O) groups is 1. The number of anilines is 1. The van der Waals surface area contributed by atoms with Gasteiger partial charge in [-0.1, -0.05) is 11.6 Å². The molecule has 0 atom stereocenters. The fourth-order valence-electron chi connectivity index (χ4n) is 1.15. The van der Waals surface area contributed by atoms with Crippen LogP contribution in [0.25, 0.3) is 0 Å². The normalized spacial score (nSPS) is 10.0. The van der Waals surface area contributed by atoms with Gasteiger partial charge in [-0.3, -0.25) is 4.79 Å². The number of nitrogens with zero attached hydrogens (tertiary/aromatic N) is 2. The molecule has 0 aromatic carbocycles. The molecule has 0 radical (unpaired) electrons. The number of carbonyl (C=O) groups excluding carboxylic acids is 1. The summed E-state index contributed by atoms with van der Waals surface area (Å²) in [5.41, 5.74) is 0.253. The third-order valence-electron chi connectivity index (χ3n) is 1.96. The standard InChI is InChI=1S/C11H7ClFN3O/c12-8-2-4-10(15-6-8)16-11(17)7-1-3-9(13)14-5-7/h1-6H,(H,15,16,17). The smallest absolute Gasteiger partial charge is 0.258 e. The molecule has 1 N–H and O–H groups in total. The van der Waals surface area contributed by atoms with E-state index in [4.69, 9.17) is 11.6 Å². The monoisotopic (exact) mass is 251 g/mol. The number of hydrogen-bond donors (Lipinski definition) is 1. The van der Waals surface area contributed by atoms with E-state index < -0.39 is 11.9 Å². The fourth-order valence-corrected chi connectivity index (χ4v) is 1.26. The zero-order valence-corrected chi connectivity index (χ0v) is 9.28. The Kier molecular flexibility index (Phi) is 3.30. The van der Waals surface area contributed by atoms with Gasteiger partial charge in [0.15, 0.2) is 0 Å². The van der Waals surface area contributed by atoms with Crippen LogP contribution in [0.1, 0.15) is 10.4 Å². The quantitative estimate of drug-likeness (QED) is 0.835. The van der Waals surface area contributed by atoms with Crippen LogP contribution in [0, 0.1) is 5.95 Å². The average Bonchev–Trinajstić information content (AvgIpc) is 2.33. The van der Waals surface area contributed by atoms with Crippen molar-refractivity contribution in [3.05, 3.63) is 53.2 Å². The Balaban J connectivity index is 2.11. The Morgan fingerprint density at radius 1 is 1.18 bits per heavy atom. The lowest BCUT2D eigenvalue weighted by Gasteiger charge is -2.03. The summed E-state index contributed by atoms with van der Waals surface area (Å²) in [4.78, 5) is 19.0. The molecular formula is C11H7ClFN3O. The van der Waals surface area contributed by atoms with Crippen LogP contribution >= 0.6 is 11.6 Å². The number of halogens is 2. The molecule has 2 aromatic rings. The summed E-state index contributed by atoms with van der Waals surface area (Å²) in [6.45, 7) is 0. The Morgan fingerprint density at radius 3 is 2.59 bits per heavy atom. The van der Waals surface area contributed by atoms with Gasteiger partial charge in [-0.15, -0.1) is 0 Å². The van der Waals surface area contributed by atoms with Crippen molar-refractivity contribution in [1.82, 2.24) is 9.97 Å². The second-order valence-corrected chi connectivity index (χ2v) is 3.62. The van der Waals surface area contributed by atoms with Gasteiger partial charge in [0.05, 0.1) is 10.6 Å². The molecule has 2 heterocycles. The van der Waals surface area contributed by atoms with E-state index in [-0.39, 0.29) is 5.56 Å². The predicted octanol–water partition coefficient (Wildman–Crippen LogP) is 2.52. The van der Waals surface area contributed by atoms with Crippen LogP contribution in [0.3, 0.4) is 0 Å². The van der Waals surface area contributed by atoms with Crippen LogP contribution in [-0.4, -0.2) is 15.9 Å². The Morgan fingerprint density at radius 2 is 2.00 bits per heavy atom. The highest BCUT2D eigenvalue weighted by atomic mass is 35.5. The predicted molar refractivity (Wildman–Crippen MR) is 61.4 cm³/mol. The van der Waals surface area contributed by atoms with Gasteiger partial charge in [0.25, 0.3) is 5.91 Å². The summed E-state index contributed by atoms with van der Waals surface area (Å²) in [7, 11) is 0. The van der Waals surface area contributed by atoms with Crippen molar-refractivity contribution in [1.29, 1.82) is 0 Å². The first kappa shape index (κ1) is 11.5. The molecule has 0 bridgehead atoms. The van der Waals surface area contributed by atoms with Crippen molar-refractivity contribution in [2.75, 3.05) is 5.32 Å². The minimum Gasteiger partial charge on any atom is -0.307 e. The van der Waals surface area contributed by atoms with E-state index in [2.05, 4.69) is 15.3 Å². The Bertz CT molecular complexity index is 527. The maximum absolute atomic E-state index is 12.6. The van der Waals surface area contributed by atoms with E-state index in [1.54, 1.807) is 12.1 Å². The van der Waals surface area contributed by atoms with Crippen LogP contribution in [0.4, 0.5) is 10.2 Å². The maximum atomic E-state index is 12.6. The summed E-state index contributed by atoms with van der Waals surface area (Å²) in [5, 5.41) is 3.01. The van der Waals surface area contributed by atoms with E-state index in [0.717, 1.165) is 12.3 Å². The van der Waals surface area contributed by atoms with Crippen molar-refractivity contribution < 1.29 is 9.18 Å². The fraction of sp³-hybridized carbons (Fsp3) is 0. The van der Waals surface area contributed by atoms with Gasteiger partial charge in [0, 0.05) is 12.4 Å². The second-order valence-electron chi connectivity index (χ2n) is 3.19. The van der Waals surface area contributed by atoms with Crippen molar-refractivity contribution in [3.63, 3.8) is 0 Å². The van der Waals surface area contributed by atoms with Crippen LogP contribution in [-0.2, 0) is 0 Å². The molecule has 6 heteroatoms. The van der Waals surface area contributed by atoms with Crippen molar-refractivity contribution in [2.45, 2.75) is 0 Å². The second kappa shape index (κ2) is 4.88. The molecule has 0 fully saturated rings. The van der Waals surface area contributed by atoms with Crippen LogP contribution in [0.2, 0.25) is 5.02 Å². The third kappa shape index (κ3) is 2.98. The summed E-state index contributed by atoms with van der Waals surface area (Å²) in [5.74, 6) is -0.679. The lowest BCUT2D eigenvalue weighted by atomic mass is 10.2. The highest BCUT2D eigenvalue weighted by molar-refractivity contribution is 6.30. The molecule has 0 aliphatic heterocycles. The summed E-state index contributed by atoms with van der Waals surface area (Å²) < 4.78 is 12.6. The van der Waals surface area contributed by atoms with Gasteiger partial charge in [0.1, 0.15) is 5.82 Å². The van der Waals surface area contributed by atoms with Crippen molar-refractivity contribution in [2.24, 2.45) is 0 Å². The maximum Gasteiger partial charge on any atom is 0.258 e. The summed E-state index contributed by atoms with van der Waals surface area (Å²) in [6, 6.07) is 5.63. The number of pyridine rings is 2. The molecule has 4 nitrogen and oxygen atoms in total. The molecule has 0 aliphatic carbocycles. The number of amides is 1. The summed E-state index contributed by atoms with van der Waals surface area (Å²) >= 11 is 5.66. The molecule has 86 valence electrons. The number of nitrogens with one attached hydrogen (secondary N) is 1. The first-order valence-electron chi connectivity index (χ1n) is 4.69.